The zero-order valence-electron chi connectivity index (χ0n) is 17.3. The zero-order valence-corrected chi connectivity index (χ0v) is 18.2. The Morgan fingerprint density at radius 2 is 1.82 bits per heavy atom. The van der Waals surface area contributed by atoms with Gasteiger partial charge in [-0.15, -0.1) is 0 Å². The Morgan fingerprint density at radius 3 is 2.54 bits per heavy atom. The highest BCUT2D eigenvalue weighted by atomic mass is 31.1. The van der Waals surface area contributed by atoms with Crippen molar-refractivity contribution >= 4 is 8.03 Å². The highest BCUT2D eigenvalue weighted by molar-refractivity contribution is 7.37. The first-order valence-corrected chi connectivity index (χ1v) is 12.4. The molecule has 1 aliphatic carbocycles. The molecule has 0 radical (unpaired) electrons. The van der Waals surface area contributed by atoms with Gasteiger partial charge in [-0.3, -0.25) is 0 Å². The molecule has 6 heteroatoms. The summed E-state index contributed by atoms with van der Waals surface area (Å²) in [4.78, 5) is 8.83. The Hall–Kier alpha value is -1.16. The standard InChI is InChI=1S/C22H36NO4P/c1-2-3-4-5-6-7-8-15-26-21-13-10-19(17-22(21)27-20-11-12-20)18-23-14-9-16-28(24)25/h10,13,17,20,23H,2-9,11-12,14-16,18H2,1H3/p+1. The van der Waals surface area contributed by atoms with Gasteiger partial charge >= 0.3 is 8.03 Å². The summed E-state index contributed by atoms with van der Waals surface area (Å²) in [5.74, 6) is 1.70. The van der Waals surface area contributed by atoms with Crippen molar-refractivity contribution in [1.29, 1.82) is 0 Å². The van der Waals surface area contributed by atoms with Crippen molar-refractivity contribution in [3.63, 3.8) is 0 Å². The van der Waals surface area contributed by atoms with E-state index < -0.39 is 8.03 Å². The second-order valence-corrected chi connectivity index (χ2v) is 8.83. The lowest BCUT2D eigenvalue weighted by atomic mass is 10.1. The van der Waals surface area contributed by atoms with Gasteiger partial charge in [0.15, 0.2) is 17.7 Å². The molecule has 1 atom stereocenters. The van der Waals surface area contributed by atoms with Gasteiger partial charge in [-0.2, -0.15) is 4.89 Å². The molecular weight excluding hydrogens is 373 g/mol. The number of nitrogens with one attached hydrogen (secondary N) is 1. The van der Waals surface area contributed by atoms with Crippen molar-refractivity contribution in [3.8, 4) is 11.5 Å². The Kier molecular flexibility index (Phi) is 11.5. The Morgan fingerprint density at radius 1 is 1.07 bits per heavy atom. The van der Waals surface area contributed by atoms with Crippen LogP contribution in [-0.4, -0.2) is 30.3 Å². The number of unbranched alkanes of at least 4 members (excludes halogenated alkanes) is 6. The topological polar surface area (TPSA) is 67.8 Å². The highest BCUT2D eigenvalue weighted by Crippen LogP contribution is 2.34. The number of rotatable bonds is 17. The van der Waals surface area contributed by atoms with Gasteiger partial charge in [0, 0.05) is 13.0 Å². The fourth-order valence-corrected chi connectivity index (χ4v) is 3.48. The minimum absolute atomic E-state index is 0.338. The number of ether oxygens (including phenoxy) is 2. The van der Waals surface area contributed by atoms with Crippen LogP contribution >= 0.6 is 8.03 Å². The Balaban J connectivity index is 1.72. The van der Waals surface area contributed by atoms with Crippen molar-refractivity contribution in [2.45, 2.75) is 83.8 Å². The first-order chi connectivity index (χ1) is 13.7. The maximum Gasteiger partial charge on any atom is 0.505 e. The summed E-state index contributed by atoms with van der Waals surface area (Å²) >= 11 is 0. The highest BCUT2D eigenvalue weighted by Gasteiger charge is 2.25. The molecule has 1 aromatic rings. The maximum atomic E-state index is 10.7. The summed E-state index contributed by atoms with van der Waals surface area (Å²) in [5.41, 5.74) is 1.15. The molecule has 1 aromatic carbocycles. The van der Waals surface area contributed by atoms with Crippen LogP contribution in [0.25, 0.3) is 0 Å². The van der Waals surface area contributed by atoms with Gasteiger partial charge in [-0.1, -0.05) is 51.5 Å². The van der Waals surface area contributed by atoms with Crippen LogP contribution in [0.5, 0.6) is 11.5 Å². The van der Waals surface area contributed by atoms with Gasteiger partial charge in [0.05, 0.1) is 12.7 Å². The Labute approximate surface area is 171 Å². The largest absolute Gasteiger partial charge is 0.505 e. The normalized spacial score (nSPS) is 14.1. The third-order valence-electron chi connectivity index (χ3n) is 4.86. The zero-order chi connectivity index (χ0) is 20.0. The smallest absolute Gasteiger partial charge is 0.490 e. The second kappa shape index (κ2) is 13.9. The predicted octanol–water partition coefficient (Wildman–Crippen LogP) is 5.57. The molecule has 0 amide bonds. The summed E-state index contributed by atoms with van der Waals surface area (Å²) in [6.07, 6.45) is 12.6. The molecule has 1 saturated carbocycles. The molecular formula is C22H37NO4P+. The van der Waals surface area contributed by atoms with E-state index in [0.29, 0.717) is 18.7 Å². The number of hydrogen-bond donors (Lipinski definition) is 2. The molecule has 0 spiro atoms. The molecule has 1 aliphatic rings. The van der Waals surface area contributed by atoms with E-state index >= 15 is 0 Å². The third kappa shape index (κ3) is 10.4. The van der Waals surface area contributed by atoms with Crippen molar-refractivity contribution in [2.24, 2.45) is 0 Å². The molecule has 2 N–H and O–H groups in total. The van der Waals surface area contributed by atoms with Crippen LogP contribution in [0, 0.1) is 0 Å². The molecule has 0 heterocycles. The van der Waals surface area contributed by atoms with E-state index in [1.807, 2.05) is 6.07 Å². The summed E-state index contributed by atoms with van der Waals surface area (Å²) in [5, 5.41) is 3.32. The lowest BCUT2D eigenvalue weighted by molar-refractivity contribution is 0.255. The molecule has 28 heavy (non-hydrogen) atoms. The van der Waals surface area contributed by atoms with E-state index in [1.165, 1.54) is 38.5 Å². The molecule has 1 unspecified atom stereocenters. The molecule has 1 fully saturated rings. The third-order valence-corrected chi connectivity index (χ3v) is 5.56. The van der Waals surface area contributed by atoms with Gasteiger partial charge in [0.25, 0.3) is 0 Å². The molecule has 0 bridgehead atoms. The predicted molar refractivity (Wildman–Crippen MR) is 115 cm³/mol. The average molecular weight is 411 g/mol. The van der Waals surface area contributed by atoms with E-state index in [-0.39, 0.29) is 0 Å². The maximum absolute atomic E-state index is 10.7. The van der Waals surface area contributed by atoms with E-state index in [1.54, 1.807) is 0 Å². The van der Waals surface area contributed by atoms with Gasteiger partial charge in [-0.05, 0) is 48.1 Å². The van der Waals surface area contributed by atoms with Gasteiger partial charge in [0.2, 0.25) is 0 Å². The molecule has 158 valence electrons. The van der Waals surface area contributed by atoms with Crippen LogP contribution in [0.2, 0.25) is 0 Å². The second-order valence-electron chi connectivity index (χ2n) is 7.67. The summed E-state index contributed by atoms with van der Waals surface area (Å²) in [6.45, 7) is 4.45. The van der Waals surface area contributed by atoms with Crippen LogP contribution in [0.15, 0.2) is 18.2 Å². The van der Waals surface area contributed by atoms with E-state index in [9.17, 15) is 4.57 Å². The van der Waals surface area contributed by atoms with Gasteiger partial charge < -0.3 is 14.8 Å². The van der Waals surface area contributed by atoms with Gasteiger partial charge in [0.1, 0.15) is 0 Å². The van der Waals surface area contributed by atoms with Crippen LogP contribution in [0.1, 0.15) is 76.7 Å². The SMILES string of the molecule is CCCCCCCCCOc1ccc(CNCCC[P+](=O)O)cc1OC1CC1. The minimum Gasteiger partial charge on any atom is -0.490 e. The van der Waals surface area contributed by atoms with Crippen LogP contribution in [-0.2, 0) is 11.1 Å². The monoisotopic (exact) mass is 410 g/mol. The van der Waals surface area contributed by atoms with Crippen LogP contribution in [0.3, 0.4) is 0 Å². The number of benzene rings is 1. The van der Waals surface area contributed by atoms with E-state index in [0.717, 1.165) is 56.0 Å². The molecule has 0 aliphatic heterocycles. The quantitative estimate of drug-likeness (QED) is 0.259. The number of hydrogen-bond acceptors (Lipinski definition) is 4. The van der Waals surface area contributed by atoms with Crippen molar-refractivity contribution in [3.05, 3.63) is 23.8 Å². The molecule has 2 rings (SSSR count). The first kappa shape index (κ1) is 23.1. The Bertz CT molecular complexity index is 578. The van der Waals surface area contributed by atoms with Crippen molar-refractivity contribution in [1.82, 2.24) is 5.32 Å². The lowest BCUT2D eigenvalue weighted by Gasteiger charge is -2.14. The molecule has 0 saturated heterocycles. The van der Waals surface area contributed by atoms with E-state index in [2.05, 4.69) is 24.4 Å². The fraction of sp³-hybridized carbons (Fsp3) is 0.727. The lowest BCUT2D eigenvalue weighted by Crippen LogP contribution is -2.15. The van der Waals surface area contributed by atoms with Crippen molar-refractivity contribution < 1.29 is 18.9 Å². The van der Waals surface area contributed by atoms with Crippen LogP contribution < -0.4 is 14.8 Å². The van der Waals surface area contributed by atoms with Crippen molar-refractivity contribution in [2.75, 3.05) is 19.3 Å². The van der Waals surface area contributed by atoms with Gasteiger partial charge in [-0.25, -0.2) is 0 Å². The first-order valence-electron chi connectivity index (χ1n) is 11.0. The summed E-state index contributed by atoms with van der Waals surface area (Å²) < 4.78 is 22.8. The summed E-state index contributed by atoms with van der Waals surface area (Å²) in [6, 6.07) is 6.15. The minimum atomic E-state index is -2.02. The fourth-order valence-electron chi connectivity index (χ4n) is 3.05. The average Bonchev–Trinajstić information content (AvgIpc) is 3.49. The molecule has 5 nitrogen and oxygen atoms in total. The van der Waals surface area contributed by atoms with Crippen LogP contribution in [0.4, 0.5) is 0 Å². The van der Waals surface area contributed by atoms with E-state index in [4.69, 9.17) is 14.4 Å². The summed E-state index contributed by atoms with van der Waals surface area (Å²) in [7, 11) is -2.02. The molecule has 0 aromatic heterocycles.